The maximum atomic E-state index is 12.8. The molecule has 1 fully saturated rings. The number of carbonyl (C=O) groups is 1. The van der Waals surface area contributed by atoms with Gasteiger partial charge in [0.1, 0.15) is 11.5 Å². The number of rotatable bonds is 10. The van der Waals surface area contributed by atoms with Crippen LogP contribution in [0.1, 0.15) is 49.4 Å². The molecule has 8 nitrogen and oxygen atoms in total. The Kier molecular flexibility index (Phi) is 8.07. The van der Waals surface area contributed by atoms with Gasteiger partial charge >= 0.3 is 0 Å². The number of carbonyl (C=O) groups excluding carboxylic acids is 1. The molecule has 1 saturated heterocycles. The summed E-state index contributed by atoms with van der Waals surface area (Å²) in [6.45, 7) is 1.49. The Labute approximate surface area is 177 Å². The number of hydrogen-bond acceptors (Lipinski definition) is 7. The molecule has 2 aromatic rings. The number of aryl methyl sites for hydroxylation is 1. The molecule has 0 saturated carbocycles. The Morgan fingerprint density at radius 3 is 2.77 bits per heavy atom. The third-order valence-corrected chi connectivity index (χ3v) is 5.49. The number of ether oxygens (including phenoxy) is 3. The Balaban J connectivity index is 1.57. The largest absolute Gasteiger partial charge is 0.497 e. The Morgan fingerprint density at radius 2 is 2.00 bits per heavy atom. The smallest absolute Gasteiger partial charge is 0.223 e. The average molecular weight is 418 g/mol. The number of aromatic nitrogens is 2. The molecule has 164 valence electrons. The minimum absolute atomic E-state index is 0.144. The van der Waals surface area contributed by atoms with Gasteiger partial charge in [-0.25, -0.2) is 0 Å². The molecule has 1 aromatic carbocycles. The van der Waals surface area contributed by atoms with Crippen LogP contribution in [0.15, 0.2) is 22.6 Å². The molecule has 1 atom stereocenters. The van der Waals surface area contributed by atoms with Crippen molar-refractivity contribution >= 4 is 5.91 Å². The van der Waals surface area contributed by atoms with E-state index in [1.807, 2.05) is 23.1 Å². The lowest BCUT2D eigenvalue weighted by Gasteiger charge is -2.35. The topological polar surface area (TPSA) is 86.9 Å². The van der Waals surface area contributed by atoms with Crippen LogP contribution in [0.3, 0.4) is 0 Å². The molecule has 1 aliphatic rings. The van der Waals surface area contributed by atoms with Crippen molar-refractivity contribution < 1.29 is 23.4 Å². The van der Waals surface area contributed by atoms with E-state index >= 15 is 0 Å². The third kappa shape index (κ3) is 5.72. The third-order valence-electron chi connectivity index (χ3n) is 5.49. The van der Waals surface area contributed by atoms with E-state index in [2.05, 4.69) is 10.2 Å². The monoisotopic (exact) mass is 417 g/mol. The van der Waals surface area contributed by atoms with Crippen LogP contribution in [0.2, 0.25) is 0 Å². The van der Waals surface area contributed by atoms with E-state index in [4.69, 9.17) is 18.6 Å². The Bertz CT molecular complexity index is 823. The summed E-state index contributed by atoms with van der Waals surface area (Å²) in [6, 6.07) is 5.85. The van der Waals surface area contributed by atoms with Crippen molar-refractivity contribution in [2.45, 2.75) is 51.0 Å². The molecule has 0 unspecified atom stereocenters. The van der Waals surface area contributed by atoms with Crippen LogP contribution in [0.5, 0.6) is 11.5 Å². The van der Waals surface area contributed by atoms with Gasteiger partial charge in [0, 0.05) is 44.7 Å². The Morgan fingerprint density at radius 1 is 1.17 bits per heavy atom. The molecule has 8 heteroatoms. The van der Waals surface area contributed by atoms with Gasteiger partial charge in [-0.1, -0.05) is 0 Å². The van der Waals surface area contributed by atoms with Crippen molar-refractivity contribution in [3.63, 3.8) is 0 Å². The first-order valence-electron chi connectivity index (χ1n) is 10.4. The van der Waals surface area contributed by atoms with Gasteiger partial charge in [0.25, 0.3) is 0 Å². The van der Waals surface area contributed by atoms with Crippen molar-refractivity contribution in [3.8, 4) is 11.5 Å². The van der Waals surface area contributed by atoms with E-state index in [0.717, 1.165) is 42.9 Å². The molecular weight excluding hydrogens is 386 g/mol. The fourth-order valence-corrected chi connectivity index (χ4v) is 3.88. The van der Waals surface area contributed by atoms with Crippen molar-refractivity contribution in [3.05, 3.63) is 35.5 Å². The summed E-state index contributed by atoms with van der Waals surface area (Å²) in [5.41, 5.74) is 0.900. The van der Waals surface area contributed by atoms with Gasteiger partial charge in [-0.3, -0.25) is 4.79 Å². The lowest BCUT2D eigenvalue weighted by atomic mass is 9.99. The van der Waals surface area contributed by atoms with Crippen molar-refractivity contribution in [1.82, 2.24) is 15.1 Å². The van der Waals surface area contributed by atoms with E-state index < -0.39 is 0 Å². The standard InChI is InChI=1S/C22H31N3O5/c1-27-13-11-17-6-4-5-12-25(17)22(26)10-9-20-23-24-21(30-20)15-16-14-18(28-2)7-8-19(16)29-3/h7-8,14,17H,4-6,9-13,15H2,1-3H3/t17-/m0/s1. The number of amides is 1. The zero-order chi connectivity index (χ0) is 21.3. The van der Waals surface area contributed by atoms with E-state index in [0.29, 0.717) is 37.7 Å². The minimum Gasteiger partial charge on any atom is -0.497 e. The summed E-state index contributed by atoms with van der Waals surface area (Å²) in [6.07, 6.45) is 5.40. The highest BCUT2D eigenvalue weighted by Crippen LogP contribution is 2.26. The van der Waals surface area contributed by atoms with Gasteiger partial charge in [-0.2, -0.15) is 0 Å². The lowest BCUT2D eigenvalue weighted by Crippen LogP contribution is -2.44. The fraction of sp³-hybridized carbons (Fsp3) is 0.591. The van der Waals surface area contributed by atoms with Crippen LogP contribution in [0.4, 0.5) is 0 Å². The number of likely N-dealkylation sites (tertiary alicyclic amines) is 1. The molecule has 2 heterocycles. The first-order valence-corrected chi connectivity index (χ1v) is 10.4. The zero-order valence-electron chi connectivity index (χ0n) is 18.1. The maximum Gasteiger partial charge on any atom is 0.223 e. The summed E-state index contributed by atoms with van der Waals surface area (Å²) in [5.74, 6) is 2.58. The molecule has 0 aliphatic carbocycles. The molecule has 0 spiro atoms. The van der Waals surface area contributed by atoms with Crippen molar-refractivity contribution in [2.75, 3.05) is 34.5 Å². The second-order valence-corrected chi connectivity index (χ2v) is 7.46. The van der Waals surface area contributed by atoms with E-state index in [1.165, 1.54) is 6.42 Å². The van der Waals surface area contributed by atoms with Crippen molar-refractivity contribution in [2.24, 2.45) is 0 Å². The van der Waals surface area contributed by atoms with Crippen LogP contribution in [0.25, 0.3) is 0 Å². The number of nitrogens with zero attached hydrogens (tertiary/aromatic N) is 3. The molecule has 1 amide bonds. The van der Waals surface area contributed by atoms with Gasteiger partial charge in [-0.15, -0.1) is 10.2 Å². The highest BCUT2D eigenvalue weighted by atomic mass is 16.5. The highest BCUT2D eigenvalue weighted by Gasteiger charge is 2.26. The Hall–Kier alpha value is -2.61. The molecular formula is C22H31N3O5. The first-order chi connectivity index (χ1) is 14.6. The summed E-state index contributed by atoms with van der Waals surface area (Å²) < 4.78 is 21.7. The predicted molar refractivity (Wildman–Crippen MR) is 111 cm³/mol. The molecule has 1 aromatic heterocycles. The number of methoxy groups -OCH3 is 3. The van der Waals surface area contributed by atoms with Gasteiger partial charge in [0.15, 0.2) is 0 Å². The maximum absolute atomic E-state index is 12.8. The van der Waals surface area contributed by atoms with E-state index in [9.17, 15) is 4.79 Å². The molecule has 0 radical (unpaired) electrons. The molecule has 3 rings (SSSR count). The second kappa shape index (κ2) is 11.0. The van der Waals surface area contributed by atoms with Gasteiger partial charge < -0.3 is 23.5 Å². The summed E-state index contributed by atoms with van der Waals surface area (Å²) in [7, 11) is 4.94. The van der Waals surface area contributed by atoms with E-state index in [-0.39, 0.29) is 11.9 Å². The van der Waals surface area contributed by atoms with Crippen LogP contribution in [-0.4, -0.2) is 61.5 Å². The lowest BCUT2D eigenvalue weighted by molar-refractivity contribution is -0.135. The van der Waals surface area contributed by atoms with Crippen LogP contribution in [0, 0.1) is 0 Å². The van der Waals surface area contributed by atoms with Gasteiger partial charge in [-0.05, 0) is 43.9 Å². The quantitative estimate of drug-likeness (QED) is 0.587. The molecule has 30 heavy (non-hydrogen) atoms. The summed E-state index contributed by atoms with van der Waals surface area (Å²) >= 11 is 0. The molecule has 1 aliphatic heterocycles. The summed E-state index contributed by atoms with van der Waals surface area (Å²) in [5, 5.41) is 8.25. The van der Waals surface area contributed by atoms with Crippen LogP contribution in [-0.2, 0) is 22.4 Å². The van der Waals surface area contributed by atoms with Crippen LogP contribution < -0.4 is 9.47 Å². The first kappa shape index (κ1) is 22.1. The average Bonchev–Trinajstić information content (AvgIpc) is 3.23. The second-order valence-electron chi connectivity index (χ2n) is 7.46. The number of piperidine rings is 1. The molecule has 0 N–H and O–H groups in total. The highest BCUT2D eigenvalue weighted by molar-refractivity contribution is 5.76. The van der Waals surface area contributed by atoms with Crippen molar-refractivity contribution in [1.29, 1.82) is 0 Å². The van der Waals surface area contributed by atoms with Gasteiger partial charge in [0.05, 0.1) is 20.6 Å². The summed E-state index contributed by atoms with van der Waals surface area (Å²) in [4.78, 5) is 14.8. The fourth-order valence-electron chi connectivity index (χ4n) is 3.88. The predicted octanol–water partition coefficient (Wildman–Crippen LogP) is 3.03. The van der Waals surface area contributed by atoms with E-state index in [1.54, 1.807) is 21.3 Å². The molecule has 0 bridgehead atoms. The normalized spacial score (nSPS) is 16.5. The zero-order valence-corrected chi connectivity index (χ0v) is 18.1. The van der Waals surface area contributed by atoms with Gasteiger partial charge in [0.2, 0.25) is 17.7 Å². The number of hydrogen-bond donors (Lipinski definition) is 0. The van der Waals surface area contributed by atoms with Crippen LogP contribution >= 0.6 is 0 Å². The minimum atomic E-state index is 0.144. The SMILES string of the molecule is COCC[C@@H]1CCCCN1C(=O)CCc1nnc(Cc2cc(OC)ccc2OC)o1. The number of benzene rings is 1.